The lowest BCUT2D eigenvalue weighted by Gasteiger charge is -2.32. The molecule has 3 aromatic heterocycles. The third kappa shape index (κ3) is 8.84. The van der Waals surface area contributed by atoms with Crippen LogP contribution in [0.1, 0.15) is 54.9 Å². The van der Waals surface area contributed by atoms with Gasteiger partial charge in [0.15, 0.2) is 0 Å². The predicted octanol–water partition coefficient (Wildman–Crippen LogP) is 8.49. The van der Waals surface area contributed by atoms with Crippen molar-refractivity contribution < 1.29 is 32.0 Å². The van der Waals surface area contributed by atoms with Crippen LogP contribution in [0, 0.1) is 11.6 Å². The minimum Gasteiger partial charge on any atom is -0.493 e. The van der Waals surface area contributed by atoms with Crippen molar-refractivity contribution in [3.05, 3.63) is 114 Å². The minimum absolute atomic E-state index is 0.0679. The number of piperidine rings is 1. The van der Waals surface area contributed by atoms with Crippen LogP contribution in [-0.2, 0) is 8.98 Å². The molecule has 1 aliphatic rings. The Kier molecular flexibility index (Phi) is 12.2. The highest BCUT2D eigenvalue weighted by Crippen LogP contribution is 2.37. The van der Waals surface area contributed by atoms with Crippen LogP contribution in [0.4, 0.5) is 26.1 Å². The van der Waals surface area contributed by atoms with Gasteiger partial charge in [0.2, 0.25) is 5.95 Å². The number of hydrogen-bond acceptors (Lipinski definition) is 11. The third-order valence-corrected chi connectivity index (χ3v) is 9.98. The monoisotopic (exact) mass is 793 g/mol. The van der Waals surface area contributed by atoms with Crippen molar-refractivity contribution in [2.75, 3.05) is 43.5 Å². The van der Waals surface area contributed by atoms with E-state index in [4.69, 9.17) is 19.4 Å². The van der Waals surface area contributed by atoms with Crippen LogP contribution in [0.2, 0.25) is 0 Å². The Morgan fingerprint density at radius 1 is 0.895 bits per heavy atom. The number of nitrogens with zero attached hydrogens (tertiary/aromatic N) is 5. The molecule has 2 N–H and O–H groups in total. The quantitative estimate of drug-likeness (QED) is 0.0729. The highest BCUT2D eigenvalue weighted by Gasteiger charge is 2.24. The fourth-order valence-electron chi connectivity index (χ4n) is 7.00. The van der Waals surface area contributed by atoms with E-state index in [-0.39, 0.29) is 23.9 Å². The zero-order valence-corrected chi connectivity index (χ0v) is 32.3. The first-order valence-electron chi connectivity index (χ1n) is 18.7. The molecule has 0 bridgehead atoms. The Hall–Kier alpha value is -6.06. The van der Waals surface area contributed by atoms with Crippen LogP contribution in [0.25, 0.3) is 28.3 Å². The van der Waals surface area contributed by atoms with Crippen LogP contribution in [0.3, 0.4) is 0 Å². The lowest BCUT2D eigenvalue weighted by molar-refractivity contribution is -0.133. The molecule has 0 aliphatic carbocycles. The zero-order valence-electron chi connectivity index (χ0n) is 31.4. The fourth-order valence-corrected chi connectivity index (χ4v) is 7.09. The molecule has 15 heteroatoms. The number of carbonyl (C=O) groups excluding carboxylic acids is 2. The highest BCUT2D eigenvalue weighted by molar-refractivity contribution is 7.75. The van der Waals surface area contributed by atoms with Gasteiger partial charge in [-0.1, -0.05) is 18.2 Å². The standard InChI is InChI=1S/C42H41F2N7O5S/c1-3-54-34-14-12-28(24-29(34)41(53)49-39-30(43)8-7-9-31(39)44)38-40(51-20-6-5-10-36(51)48-38)33-15-19-45-42(47-33)46-32-13-11-27(25-35(32)55-4-2)26-16-21-50(22-17-26)23-18-37(52)56-57/h5-15,19-20,24-26,57H,3-4,16-18,21-23H2,1-2H3,(H,49,53)(H,45,46,47). The van der Waals surface area contributed by atoms with E-state index in [0.29, 0.717) is 71.2 Å². The molecule has 294 valence electrons. The second kappa shape index (κ2) is 17.8. The van der Waals surface area contributed by atoms with E-state index < -0.39 is 23.2 Å². The Bertz CT molecular complexity index is 2380. The molecule has 1 saturated heterocycles. The lowest BCUT2D eigenvalue weighted by atomic mass is 9.89. The molecule has 57 heavy (non-hydrogen) atoms. The van der Waals surface area contributed by atoms with Crippen LogP contribution < -0.4 is 20.1 Å². The van der Waals surface area contributed by atoms with Crippen molar-refractivity contribution in [3.63, 3.8) is 0 Å². The Balaban J connectivity index is 1.18. The average molecular weight is 794 g/mol. The number of benzene rings is 3. The molecule has 0 saturated carbocycles. The largest absolute Gasteiger partial charge is 0.493 e. The summed E-state index contributed by atoms with van der Waals surface area (Å²) in [4.78, 5) is 41.8. The van der Waals surface area contributed by atoms with Gasteiger partial charge in [0.05, 0.1) is 48.0 Å². The van der Waals surface area contributed by atoms with E-state index in [0.717, 1.165) is 38.1 Å². The summed E-state index contributed by atoms with van der Waals surface area (Å²) in [5.41, 5.74) is 4.23. The van der Waals surface area contributed by atoms with Crippen molar-refractivity contribution in [2.24, 2.45) is 0 Å². The minimum atomic E-state index is -0.901. The first kappa shape index (κ1) is 39.2. The summed E-state index contributed by atoms with van der Waals surface area (Å²) < 4.78 is 47.3. The van der Waals surface area contributed by atoms with Crippen molar-refractivity contribution in [2.45, 2.75) is 39.0 Å². The summed E-state index contributed by atoms with van der Waals surface area (Å²) in [6.07, 6.45) is 5.73. The van der Waals surface area contributed by atoms with E-state index in [1.165, 1.54) is 11.6 Å². The Labute approximate surface area is 333 Å². The van der Waals surface area contributed by atoms with Crippen LogP contribution >= 0.6 is 12.9 Å². The first-order valence-corrected chi connectivity index (χ1v) is 19.1. The van der Waals surface area contributed by atoms with E-state index in [1.54, 1.807) is 37.4 Å². The number of amides is 1. The molecule has 4 heterocycles. The van der Waals surface area contributed by atoms with Gasteiger partial charge in [-0.15, -0.1) is 0 Å². The molecular weight excluding hydrogens is 753 g/mol. The summed E-state index contributed by atoms with van der Waals surface area (Å²) in [6, 6.07) is 21.9. The van der Waals surface area contributed by atoms with Gasteiger partial charge < -0.3 is 29.2 Å². The van der Waals surface area contributed by atoms with Gasteiger partial charge in [-0.2, -0.15) is 0 Å². The van der Waals surface area contributed by atoms with Gasteiger partial charge in [0, 0.05) is 37.4 Å². The lowest BCUT2D eigenvalue weighted by Crippen LogP contribution is -2.34. The van der Waals surface area contributed by atoms with E-state index in [9.17, 15) is 18.4 Å². The van der Waals surface area contributed by atoms with Gasteiger partial charge in [-0.25, -0.2) is 23.7 Å². The topological polar surface area (TPSA) is 132 Å². The van der Waals surface area contributed by atoms with Crippen molar-refractivity contribution in [1.29, 1.82) is 0 Å². The van der Waals surface area contributed by atoms with Gasteiger partial charge in [-0.05, 0) is 112 Å². The van der Waals surface area contributed by atoms with Crippen molar-refractivity contribution in [1.82, 2.24) is 24.3 Å². The maximum absolute atomic E-state index is 14.5. The zero-order chi connectivity index (χ0) is 39.9. The number of nitrogens with one attached hydrogen (secondary N) is 2. The smallest absolute Gasteiger partial charge is 0.318 e. The SMILES string of the molecule is CCOc1cc(C2CCN(CCC(=O)OS)CC2)ccc1Nc1nccc(-c2c(-c3ccc(OCC)c(C(=O)Nc4c(F)cccc4F)c3)nc3ccccn23)n1. The number of imidazole rings is 1. The number of pyridine rings is 1. The number of halogens is 2. The molecule has 0 atom stereocenters. The average Bonchev–Trinajstić information content (AvgIpc) is 3.62. The summed E-state index contributed by atoms with van der Waals surface area (Å²) in [5, 5.41) is 5.72. The van der Waals surface area contributed by atoms with Crippen LogP contribution in [0.5, 0.6) is 11.5 Å². The maximum atomic E-state index is 14.5. The van der Waals surface area contributed by atoms with Crippen molar-refractivity contribution >= 4 is 47.8 Å². The number of carbonyl (C=O) groups is 2. The van der Waals surface area contributed by atoms with Crippen LogP contribution in [0.15, 0.2) is 91.3 Å². The molecule has 3 aromatic carbocycles. The Morgan fingerprint density at radius 3 is 2.42 bits per heavy atom. The number of fused-ring (bicyclic) bond motifs is 1. The Morgan fingerprint density at radius 2 is 1.67 bits per heavy atom. The molecule has 1 fully saturated rings. The van der Waals surface area contributed by atoms with E-state index in [2.05, 4.69) is 49.7 Å². The highest BCUT2D eigenvalue weighted by atomic mass is 32.1. The fraction of sp³-hybridized carbons (Fsp3) is 0.262. The van der Waals surface area contributed by atoms with Gasteiger partial charge in [0.1, 0.15) is 34.5 Å². The van der Waals surface area contributed by atoms with E-state index >= 15 is 0 Å². The maximum Gasteiger partial charge on any atom is 0.318 e. The van der Waals surface area contributed by atoms with Gasteiger partial charge >= 0.3 is 5.97 Å². The number of aromatic nitrogens is 4. The van der Waals surface area contributed by atoms with Gasteiger partial charge in [0.25, 0.3) is 5.91 Å². The predicted molar refractivity (Wildman–Crippen MR) is 216 cm³/mol. The summed E-state index contributed by atoms with van der Waals surface area (Å²) >= 11 is 3.60. The number of hydrogen-bond donors (Lipinski definition) is 3. The molecule has 0 unspecified atom stereocenters. The van der Waals surface area contributed by atoms with Crippen LogP contribution in [-0.4, -0.2) is 69.0 Å². The summed E-state index contributed by atoms with van der Waals surface area (Å²) in [6.45, 7) is 6.82. The van der Waals surface area contributed by atoms with Gasteiger partial charge in [-0.3, -0.25) is 14.0 Å². The molecule has 6 aromatic rings. The number of rotatable bonds is 14. The molecule has 7 rings (SSSR count). The molecule has 1 amide bonds. The summed E-state index contributed by atoms with van der Waals surface area (Å²) in [5.74, 6) is -1.30. The molecule has 12 nitrogen and oxygen atoms in total. The number of anilines is 3. The molecule has 0 spiro atoms. The number of ether oxygens (including phenoxy) is 2. The number of likely N-dealkylation sites (tertiary alicyclic amines) is 1. The van der Waals surface area contributed by atoms with E-state index in [1.807, 2.05) is 41.8 Å². The molecular formula is C42H41F2N7O5S. The third-order valence-electron chi connectivity index (χ3n) is 9.77. The number of para-hydroxylation sites is 1. The molecule has 1 aliphatic heterocycles. The molecule has 0 radical (unpaired) electrons. The normalized spacial score (nSPS) is 13.4. The first-order chi connectivity index (χ1) is 27.8. The second-order valence-corrected chi connectivity index (χ2v) is 13.5. The second-order valence-electron chi connectivity index (χ2n) is 13.3. The summed E-state index contributed by atoms with van der Waals surface area (Å²) in [7, 11) is 0. The van der Waals surface area contributed by atoms with Crippen molar-refractivity contribution in [3.8, 4) is 34.1 Å². The number of thiol groups is 1.